The summed E-state index contributed by atoms with van der Waals surface area (Å²) in [6.45, 7) is 1.85. The van der Waals surface area contributed by atoms with E-state index in [1.807, 2.05) is 30.3 Å². The molecule has 0 N–H and O–H groups in total. The van der Waals surface area contributed by atoms with Crippen LogP contribution >= 0.6 is 11.3 Å². The van der Waals surface area contributed by atoms with Gasteiger partial charge in [-0.3, -0.25) is 4.79 Å². The van der Waals surface area contributed by atoms with E-state index in [0.29, 0.717) is 23.3 Å². The van der Waals surface area contributed by atoms with Crippen LogP contribution in [-0.4, -0.2) is 33.9 Å². The zero-order chi connectivity index (χ0) is 23.6. The fraction of sp³-hybridized carbons (Fsp3) is 0.280. The van der Waals surface area contributed by atoms with Gasteiger partial charge in [0.15, 0.2) is 15.6 Å². The molecular weight excluding hydrogens is 460 g/mol. The molecule has 0 saturated carbocycles. The van der Waals surface area contributed by atoms with Crippen molar-refractivity contribution in [3.63, 3.8) is 0 Å². The Hall–Kier alpha value is -2.97. The number of sulfone groups is 1. The Kier molecular flexibility index (Phi) is 6.67. The minimum atomic E-state index is -3.83. The highest BCUT2D eigenvalue weighted by Gasteiger charge is 2.38. The van der Waals surface area contributed by atoms with Gasteiger partial charge in [-0.05, 0) is 48.1 Å². The number of hydrogen-bond acceptors (Lipinski definition) is 7. The molecule has 0 saturated heterocycles. The number of benzene rings is 2. The Morgan fingerprint density at radius 1 is 1.06 bits per heavy atom. The summed E-state index contributed by atoms with van der Waals surface area (Å²) in [5, 5.41) is 0. The van der Waals surface area contributed by atoms with Gasteiger partial charge in [0.1, 0.15) is 14.8 Å². The first kappa shape index (κ1) is 23.2. The van der Waals surface area contributed by atoms with Gasteiger partial charge >= 0.3 is 5.97 Å². The number of methoxy groups -OCH3 is 1. The Morgan fingerprint density at radius 3 is 2.39 bits per heavy atom. The molecule has 33 heavy (non-hydrogen) atoms. The molecule has 1 aliphatic carbocycles. The van der Waals surface area contributed by atoms with Crippen molar-refractivity contribution in [2.24, 2.45) is 0 Å². The van der Waals surface area contributed by atoms with Crippen LogP contribution in [0.1, 0.15) is 56.0 Å². The molecule has 1 heterocycles. The minimum absolute atomic E-state index is 0.0393. The molecule has 6 nitrogen and oxygen atoms in total. The maximum Gasteiger partial charge on any atom is 0.348 e. The molecule has 1 aromatic heterocycles. The van der Waals surface area contributed by atoms with Crippen LogP contribution in [0.15, 0.2) is 58.8 Å². The van der Waals surface area contributed by atoms with E-state index in [0.717, 1.165) is 16.9 Å². The third-order valence-electron chi connectivity index (χ3n) is 5.67. The second kappa shape index (κ2) is 9.49. The molecule has 0 amide bonds. The lowest BCUT2D eigenvalue weighted by Gasteiger charge is -2.23. The van der Waals surface area contributed by atoms with E-state index in [4.69, 9.17) is 9.47 Å². The van der Waals surface area contributed by atoms with E-state index >= 15 is 0 Å². The summed E-state index contributed by atoms with van der Waals surface area (Å²) >= 11 is 0.853. The summed E-state index contributed by atoms with van der Waals surface area (Å²) in [5.41, 5.74) is 2.19. The average Bonchev–Trinajstić information content (AvgIpc) is 3.21. The number of thiophene rings is 1. The van der Waals surface area contributed by atoms with Crippen LogP contribution in [0.2, 0.25) is 0 Å². The molecule has 8 heteroatoms. The fourth-order valence-electron chi connectivity index (χ4n) is 4.11. The molecule has 1 aliphatic rings. The van der Waals surface area contributed by atoms with Gasteiger partial charge in [-0.25, -0.2) is 13.2 Å². The summed E-state index contributed by atoms with van der Waals surface area (Å²) in [7, 11) is -2.25. The van der Waals surface area contributed by atoms with Crippen molar-refractivity contribution >= 4 is 32.9 Å². The molecule has 1 atom stereocenters. The number of fused-ring (bicyclic) bond motifs is 1. The number of hydrogen-bond donors (Lipinski definition) is 0. The Bertz CT molecular complexity index is 1270. The Balaban J connectivity index is 1.77. The Morgan fingerprint density at radius 2 is 1.76 bits per heavy atom. The topological polar surface area (TPSA) is 86.7 Å². The highest BCUT2D eigenvalue weighted by atomic mass is 32.2. The first-order valence-corrected chi connectivity index (χ1v) is 13.1. The monoisotopic (exact) mass is 484 g/mol. The van der Waals surface area contributed by atoms with Crippen LogP contribution in [0.4, 0.5) is 0 Å². The van der Waals surface area contributed by atoms with E-state index in [2.05, 4.69) is 0 Å². The van der Waals surface area contributed by atoms with Crippen molar-refractivity contribution in [3.8, 4) is 5.75 Å². The average molecular weight is 485 g/mol. The summed E-state index contributed by atoms with van der Waals surface area (Å²) in [6.07, 6.45) is 0.561. The molecule has 0 fully saturated rings. The molecule has 4 rings (SSSR count). The van der Waals surface area contributed by atoms with Gasteiger partial charge in [0, 0.05) is 6.42 Å². The standard InChI is InChI=1S/C25H24O6S2/c1-3-31-24(27)23-20-13-18(17-9-11-19(30-2)12-10-17)14-21(26)22(20)25(32-23)33(28,29)15-16-7-5-4-6-8-16/h4-12,18H,3,13-15H2,1-2H3/t18-/m0/s1. The molecule has 0 radical (unpaired) electrons. The number of carbonyl (C=O) groups is 2. The van der Waals surface area contributed by atoms with Crippen molar-refractivity contribution in [3.05, 3.63) is 81.7 Å². The van der Waals surface area contributed by atoms with Crippen molar-refractivity contribution in [1.82, 2.24) is 0 Å². The second-order valence-corrected chi connectivity index (χ2v) is 11.0. The summed E-state index contributed by atoms with van der Waals surface area (Å²) < 4.78 is 37.0. The van der Waals surface area contributed by atoms with Crippen LogP contribution in [0.5, 0.6) is 5.75 Å². The molecular formula is C25H24O6S2. The summed E-state index contributed by atoms with van der Waals surface area (Å²) in [6, 6.07) is 16.2. The van der Waals surface area contributed by atoms with E-state index in [9.17, 15) is 18.0 Å². The smallest absolute Gasteiger partial charge is 0.348 e. The largest absolute Gasteiger partial charge is 0.497 e. The molecule has 0 unspecified atom stereocenters. The van der Waals surface area contributed by atoms with Crippen LogP contribution in [0, 0.1) is 0 Å². The van der Waals surface area contributed by atoms with E-state index in [1.165, 1.54) is 0 Å². The third kappa shape index (κ3) is 4.72. The number of ether oxygens (including phenoxy) is 2. The van der Waals surface area contributed by atoms with E-state index in [1.54, 1.807) is 38.3 Å². The van der Waals surface area contributed by atoms with Crippen molar-refractivity contribution in [1.29, 1.82) is 0 Å². The van der Waals surface area contributed by atoms with Crippen LogP contribution in [-0.2, 0) is 26.7 Å². The number of ketones is 1. The van der Waals surface area contributed by atoms with Crippen molar-refractivity contribution < 1.29 is 27.5 Å². The molecule has 0 aliphatic heterocycles. The molecule has 3 aromatic rings. The van der Waals surface area contributed by atoms with Crippen LogP contribution in [0.25, 0.3) is 0 Å². The maximum absolute atomic E-state index is 13.3. The fourth-order valence-corrected chi connectivity index (χ4v) is 7.34. The van der Waals surface area contributed by atoms with Gasteiger partial charge in [0.25, 0.3) is 0 Å². The lowest BCUT2D eigenvalue weighted by Crippen LogP contribution is -2.21. The first-order valence-electron chi connectivity index (χ1n) is 10.6. The molecule has 2 aromatic carbocycles. The predicted octanol–water partition coefficient (Wildman–Crippen LogP) is 4.82. The van der Waals surface area contributed by atoms with Crippen molar-refractivity contribution in [2.45, 2.75) is 35.6 Å². The summed E-state index contributed by atoms with van der Waals surface area (Å²) in [4.78, 5) is 26.2. The number of Topliss-reactive ketones (excluding diaryl/α,β-unsaturated/α-hetero) is 1. The SMILES string of the molecule is CCOC(=O)c1sc(S(=O)(=O)Cc2ccccc2)c2c1C[C@H](c1ccc(OC)cc1)CC2=O. The summed E-state index contributed by atoms with van der Waals surface area (Å²) in [5.74, 6) is -0.557. The minimum Gasteiger partial charge on any atom is -0.497 e. The quantitative estimate of drug-likeness (QED) is 0.447. The van der Waals surface area contributed by atoms with E-state index < -0.39 is 15.8 Å². The van der Waals surface area contributed by atoms with Gasteiger partial charge in [-0.2, -0.15) is 0 Å². The maximum atomic E-state index is 13.3. The Labute approximate surface area is 197 Å². The molecule has 0 bridgehead atoms. The molecule has 172 valence electrons. The van der Waals surface area contributed by atoms with Gasteiger partial charge in [-0.1, -0.05) is 42.5 Å². The van der Waals surface area contributed by atoms with Gasteiger partial charge < -0.3 is 9.47 Å². The van der Waals surface area contributed by atoms with Gasteiger partial charge in [0.05, 0.1) is 25.0 Å². The highest BCUT2D eigenvalue weighted by Crippen LogP contribution is 2.43. The normalized spacial score (nSPS) is 15.7. The second-order valence-electron chi connectivity index (χ2n) is 7.84. The molecule has 0 spiro atoms. The lowest BCUT2D eigenvalue weighted by atomic mass is 9.80. The van der Waals surface area contributed by atoms with Crippen molar-refractivity contribution in [2.75, 3.05) is 13.7 Å². The first-order chi connectivity index (χ1) is 15.8. The number of rotatable bonds is 7. The van der Waals surface area contributed by atoms with E-state index in [-0.39, 0.29) is 45.1 Å². The number of carbonyl (C=O) groups excluding carboxylic acids is 2. The number of esters is 1. The highest BCUT2D eigenvalue weighted by molar-refractivity contribution is 7.92. The van der Waals surface area contributed by atoms with Gasteiger partial charge in [-0.15, -0.1) is 11.3 Å². The lowest BCUT2D eigenvalue weighted by molar-refractivity contribution is 0.0530. The third-order valence-corrected chi connectivity index (χ3v) is 9.17. The zero-order valence-electron chi connectivity index (χ0n) is 18.4. The van der Waals surface area contributed by atoms with Crippen LogP contribution in [0.3, 0.4) is 0 Å². The van der Waals surface area contributed by atoms with Gasteiger partial charge in [0.2, 0.25) is 0 Å². The predicted molar refractivity (Wildman–Crippen MR) is 126 cm³/mol. The van der Waals surface area contributed by atoms with Crippen LogP contribution < -0.4 is 4.74 Å². The zero-order valence-corrected chi connectivity index (χ0v) is 20.0.